The molecule has 2 aromatic rings. The van der Waals surface area contributed by atoms with E-state index in [9.17, 15) is 13.6 Å². The first-order valence-corrected chi connectivity index (χ1v) is 8.71. The van der Waals surface area contributed by atoms with Gasteiger partial charge < -0.3 is 15.1 Å². The minimum Gasteiger partial charge on any atom is -0.418 e. The van der Waals surface area contributed by atoms with E-state index in [4.69, 9.17) is 4.42 Å². The standard InChI is InChI=1S/C16H20F2N6O2/c1-24-8-11(20-9-2-5-16(17,18)6-3-9)12(23-24)15-22-21-14(26-15)10-4-7-19-13(10)25/h8-10,20H,2-7H2,1H3,(H,19,25). The predicted octanol–water partition coefficient (Wildman–Crippen LogP) is 2.06. The van der Waals surface area contributed by atoms with Gasteiger partial charge in [0.05, 0.1) is 5.69 Å². The molecule has 10 heteroatoms. The van der Waals surface area contributed by atoms with Gasteiger partial charge in [-0.2, -0.15) is 5.10 Å². The number of hydrogen-bond donors (Lipinski definition) is 2. The topological polar surface area (TPSA) is 97.9 Å². The minimum absolute atomic E-state index is 0.0550. The molecule has 1 amide bonds. The Morgan fingerprint density at radius 3 is 2.77 bits per heavy atom. The van der Waals surface area contributed by atoms with Crippen LogP contribution in [0.1, 0.15) is 43.9 Å². The quantitative estimate of drug-likeness (QED) is 0.860. The third-order valence-corrected chi connectivity index (χ3v) is 4.90. The third kappa shape index (κ3) is 3.27. The normalized spacial score (nSPS) is 23.2. The van der Waals surface area contributed by atoms with Crippen LogP contribution in [0.5, 0.6) is 0 Å². The Balaban J connectivity index is 1.53. The van der Waals surface area contributed by atoms with Crippen LogP contribution in [0, 0.1) is 0 Å². The van der Waals surface area contributed by atoms with E-state index in [0.29, 0.717) is 37.2 Å². The summed E-state index contributed by atoms with van der Waals surface area (Å²) in [6.45, 7) is 0.587. The summed E-state index contributed by atoms with van der Waals surface area (Å²) in [5.74, 6) is -2.65. The summed E-state index contributed by atoms with van der Waals surface area (Å²) in [6, 6.07) is -0.0550. The highest BCUT2D eigenvalue weighted by Crippen LogP contribution is 2.36. The summed E-state index contributed by atoms with van der Waals surface area (Å²) < 4.78 is 34.0. The van der Waals surface area contributed by atoms with Crippen LogP contribution in [0.3, 0.4) is 0 Å². The van der Waals surface area contributed by atoms with E-state index in [-0.39, 0.29) is 36.6 Å². The number of rotatable bonds is 4. The summed E-state index contributed by atoms with van der Waals surface area (Å²) in [4.78, 5) is 11.8. The zero-order valence-electron chi connectivity index (χ0n) is 14.3. The minimum atomic E-state index is -2.57. The molecule has 8 nitrogen and oxygen atoms in total. The van der Waals surface area contributed by atoms with E-state index in [1.165, 1.54) is 0 Å². The maximum absolute atomic E-state index is 13.3. The Bertz CT molecular complexity index is 808. The van der Waals surface area contributed by atoms with E-state index in [1.807, 2.05) is 0 Å². The lowest BCUT2D eigenvalue weighted by Gasteiger charge is -2.29. The Morgan fingerprint density at radius 2 is 2.08 bits per heavy atom. The van der Waals surface area contributed by atoms with Crippen molar-refractivity contribution in [2.75, 3.05) is 11.9 Å². The zero-order valence-corrected chi connectivity index (χ0v) is 14.3. The first-order chi connectivity index (χ1) is 12.4. The van der Waals surface area contributed by atoms with Crippen LogP contribution in [0.2, 0.25) is 0 Å². The molecule has 140 valence electrons. The van der Waals surface area contributed by atoms with E-state index in [1.54, 1.807) is 17.9 Å². The lowest BCUT2D eigenvalue weighted by atomic mass is 9.92. The van der Waals surface area contributed by atoms with Gasteiger partial charge in [-0.3, -0.25) is 9.48 Å². The van der Waals surface area contributed by atoms with Crippen molar-refractivity contribution < 1.29 is 18.0 Å². The van der Waals surface area contributed by atoms with E-state index >= 15 is 0 Å². The molecular weight excluding hydrogens is 346 g/mol. The van der Waals surface area contributed by atoms with Crippen molar-refractivity contribution in [2.24, 2.45) is 7.05 Å². The second-order valence-corrected chi connectivity index (χ2v) is 6.92. The number of carbonyl (C=O) groups excluding carboxylic acids is 1. The van der Waals surface area contributed by atoms with Crippen LogP contribution < -0.4 is 10.6 Å². The second-order valence-electron chi connectivity index (χ2n) is 6.92. The Kier molecular flexibility index (Phi) is 4.12. The van der Waals surface area contributed by atoms with Gasteiger partial charge in [-0.25, -0.2) is 8.78 Å². The van der Waals surface area contributed by atoms with Crippen LogP contribution >= 0.6 is 0 Å². The number of halogens is 2. The first-order valence-electron chi connectivity index (χ1n) is 8.71. The third-order valence-electron chi connectivity index (χ3n) is 4.90. The molecule has 0 radical (unpaired) electrons. The summed E-state index contributed by atoms with van der Waals surface area (Å²) >= 11 is 0. The largest absolute Gasteiger partial charge is 0.418 e. The molecule has 26 heavy (non-hydrogen) atoms. The molecule has 1 aliphatic heterocycles. The number of amides is 1. The lowest BCUT2D eigenvalue weighted by Crippen LogP contribution is -2.32. The molecule has 0 spiro atoms. The van der Waals surface area contributed by atoms with Crippen molar-refractivity contribution in [1.82, 2.24) is 25.3 Å². The van der Waals surface area contributed by atoms with Crippen molar-refractivity contribution in [3.8, 4) is 11.6 Å². The van der Waals surface area contributed by atoms with Gasteiger partial charge in [0.15, 0.2) is 5.69 Å². The van der Waals surface area contributed by atoms with Crippen molar-refractivity contribution in [3.63, 3.8) is 0 Å². The summed E-state index contributed by atoms with van der Waals surface area (Å²) in [5, 5.41) is 18.4. The molecule has 2 aliphatic rings. The Morgan fingerprint density at radius 1 is 1.31 bits per heavy atom. The number of nitrogens with one attached hydrogen (secondary N) is 2. The van der Waals surface area contributed by atoms with Crippen LogP contribution in [0.4, 0.5) is 14.5 Å². The molecule has 2 aromatic heterocycles. The highest BCUT2D eigenvalue weighted by Gasteiger charge is 2.36. The Hall–Kier alpha value is -2.52. The predicted molar refractivity (Wildman–Crippen MR) is 87.7 cm³/mol. The number of aromatic nitrogens is 4. The molecule has 3 heterocycles. The van der Waals surface area contributed by atoms with Gasteiger partial charge in [0, 0.05) is 38.7 Å². The van der Waals surface area contributed by atoms with Crippen LogP contribution in [0.15, 0.2) is 10.6 Å². The van der Waals surface area contributed by atoms with Crippen molar-refractivity contribution in [3.05, 3.63) is 12.1 Å². The fourth-order valence-electron chi connectivity index (χ4n) is 3.46. The van der Waals surface area contributed by atoms with Crippen LogP contribution in [0.25, 0.3) is 11.6 Å². The monoisotopic (exact) mass is 366 g/mol. The number of aryl methyl sites for hydroxylation is 1. The SMILES string of the molecule is Cn1cc(NC2CCC(F)(F)CC2)c(-c2nnc(C3CCNC3=O)o2)n1. The van der Waals surface area contributed by atoms with Crippen molar-refractivity contribution in [2.45, 2.75) is 50.0 Å². The fraction of sp³-hybridized carbons (Fsp3) is 0.625. The van der Waals surface area contributed by atoms with Crippen molar-refractivity contribution in [1.29, 1.82) is 0 Å². The van der Waals surface area contributed by atoms with Crippen molar-refractivity contribution >= 4 is 11.6 Å². The summed E-state index contributed by atoms with van der Waals surface area (Å²) in [7, 11) is 1.76. The molecule has 2 N–H and O–H groups in total. The molecular formula is C16H20F2N6O2. The van der Waals surface area contributed by atoms with Gasteiger partial charge in [-0.1, -0.05) is 0 Å². The Labute approximate surface area is 148 Å². The smallest absolute Gasteiger partial charge is 0.270 e. The molecule has 1 saturated carbocycles. The molecule has 4 rings (SSSR count). The average molecular weight is 366 g/mol. The second kappa shape index (κ2) is 6.33. The van der Waals surface area contributed by atoms with Gasteiger partial charge >= 0.3 is 0 Å². The molecule has 2 fully saturated rings. The molecule has 1 atom stereocenters. The van der Waals surface area contributed by atoms with E-state index < -0.39 is 11.8 Å². The van der Waals surface area contributed by atoms with E-state index in [2.05, 4.69) is 25.9 Å². The average Bonchev–Trinajstić information content (AvgIpc) is 3.29. The highest BCUT2D eigenvalue weighted by atomic mass is 19.3. The highest BCUT2D eigenvalue weighted by molar-refractivity contribution is 5.84. The molecule has 1 aliphatic carbocycles. The van der Waals surface area contributed by atoms with E-state index in [0.717, 1.165) is 0 Å². The van der Waals surface area contributed by atoms with Gasteiger partial charge in [0.25, 0.3) is 5.89 Å². The molecule has 0 aromatic carbocycles. The first kappa shape index (κ1) is 16.9. The fourth-order valence-corrected chi connectivity index (χ4v) is 3.46. The zero-order chi connectivity index (χ0) is 18.3. The molecule has 1 saturated heterocycles. The van der Waals surface area contributed by atoms with Gasteiger partial charge in [-0.05, 0) is 19.3 Å². The van der Waals surface area contributed by atoms with Crippen LogP contribution in [-0.4, -0.2) is 44.4 Å². The maximum Gasteiger partial charge on any atom is 0.270 e. The maximum atomic E-state index is 13.3. The summed E-state index contributed by atoms with van der Waals surface area (Å²) in [6.07, 6.45) is 2.90. The molecule has 0 bridgehead atoms. The number of anilines is 1. The number of carbonyl (C=O) groups is 1. The number of nitrogens with zero attached hydrogens (tertiary/aromatic N) is 4. The van der Waals surface area contributed by atoms with Gasteiger partial charge in [-0.15, -0.1) is 10.2 Å². The lowest BCUT2D eigenvalue weighted by molar-refractivity contribution is -0.120. The summed E-state index contributed by atoms with van der Waals surface area (Å²) in [5.41, 5.74) is 1.12. The van der Waals surface area contributed by atoms with Crippen LogP contribution in [-0.2, 0) is 11.8 Å². The molecule has 1 unspecified atom stereocenters. The van der Waals surface area contributed by atoms with Gasteiger partial charge in [0.2, 0.25) is 17.7 Å². The van der Waals surface area contributed by atoms with Gasteiger partial charge in [0.1, 0.15) is 5.92 Å². The number of alkyl halides is 2. The number of hydrogen-bond acceptors (Lipinski definition) is 6.